The zero-order chi connectivity index (χ0) is 27.3. The van der Waals surface area contributed by atoms with E-state index in [-0.39, 0.29) is 20.4 Å². The van der Waals surface area contributed by atoms with Gasteiger partial charge < -0.3 is 23.7 Å². The average molecular weight is 637 g/mol. The summed E-state index contributed by atoms with van der Waals surface area (Å²) in [6.45, 7) is 1.99. The van der Waals surface area contributed by atoms with Gasteiger partial charge in [0, 0.05) is 54.7 Å². The minimum Gasteiger partial charge on any atom is -0.510 e. The van der Waals surface area contributed by atoms with Crippen molar-refractivity contribution in [2.45, 2.75) is 0 Å². The molecule has 3 aromatic heterocycles. The van der Waals surface area contributed by atoms with Crippen LogP contribution in [-0.2, 0) is 20.4 Å². The number of para-hydroxylation sites is 2. The van der Waals surface area contributed by atoms with Gasteiger partial charge in [-0.25, -0.2) is 4.98 Å². The Balaban J connectivity index is 0.00000288. The predicted molar refractivity (Wildman–Crippen MR) is 163 cm³/mol. The Morgan fingerprint density at radius 1 is 0.690 bits per heavy atom. The summed E-state index contributed by atoms with van der Waals surface area (Å²) in [5, 5.41) is 2.21. The number of hydrogen-bond donors (Lipinski definition) is 0. The number of nitrogens with zero attached hydrogens (tertiary/aromatic N) is 5. The number of pyridine rings is 1. The van der Waals surface area contributed by atoms with Gasteiger partial charge in [-0.1, -0.05) is 53.4 Å². The summed E-state index contributed by atoms with van der Waals surface area (Å²) >= 11 is 0. The van der Waals surface area contributed by atoms with E-state index in [1.807, 2.05) is 90.6 Å². The Morgan fingerprint density at radius 3 is 2.29 bits per heavy atom. The molecule has 4 aromatic carbocycles. The Bertz CT molecular complexity index is 2080. The van der Waals surface area contributed by atoms with Crippen LogP contribution >= 0.6 is 0 Å². The second kappa shape index (κ2) is 10.5. The van der Waals surface area contributed by atoms with E-state index >= 15 is 0 Å². The van der Waals surface area contributed by atoms with Crippen molar-refractivity contribution in [3.63, 3.8) is 0 Å². The number of fused-ring (bicyclic) bond motifs is 5. The molecule has 0 fully saturated rings. The summed E-state index contributed by atoms with van der Waals surface area (Å²) in [4.78, 5) is 8.75. The second-order valence-corrected chi connectivity index (χ2v) is 9.98. The molecule has 208 valence electrons. The predicted octanol–water partition coefficient (Wildman–Crippen LogP) is 7.86. The molecule has 0 atom stereocenters. The van der Waals surface area contributed by atoms with Gasteiger partial charge >= 0.3 is 0 Å². The quantitative estimate of drug-likeness (QED) is 0.142. The van der Waals surface area contributed by atoms with Gasteiger partial charge in [0.05, 0.1) is 11.0 Å². The van der Waals surface area contributed by atoms with Gasteiger partial charge in [0.25, 0.3) is 0 Å². The first-order chi connectivity index (χ1) is 20.2. The van der Waals surface area contributed by atoms with Gasteiger partial charge in [0.15, 0.2) is 0 Å². The Hall–Kier alpha value is -4.83. The summed E-state index contributed by atoms with van der Waals surface area (Å²) < 4.78 is 10.9. The molecule has 6 nitrogen and oxygen atoms in total. The van der Waals surface area contributed by atoms with Crippen LogP contribution in [0.25, 0.3) is 44.3 Å². The largest absolute Gasteiger partial charge is 0.510 e. The van der Waals surface area contributed by atoms with Crippen molar-refractivity contribution in [1.82, 2.24) is 19.0 Å². The molecule has 0 amide bonds. The van der Waals surface area contributed by atoms with Gasteiger partial charge in [-0.15, -0.1) is 36.0 Å². The topological polar surface area (TPSA) is 38.5 Å². The van der Waals surface area contributed by atoms with Crippen molar-refractivity contribution in [3.05, 3.63) is 141 Å². The van der Waals surface area contributed by atoms with Crippen molar-refractivity contribution in [1.29, 1.82) is 0 Å². The molecule has 0 aliphatic carbocycles. The van der Waals surface area contributed by atoms with Crippen LogP contribution in [0.3, 0.4) is 0 Å². The van der Waals surface area contributed by atoms with Crippen LogP contribution in [0.1, 0.15) is 0 Å². The third kappa shape index (κ3) is 4.26. The number of anilines is 1. The number of benzene rings is 4. The molecule has 0 spiro atoms. The molecule has 4 heterocycles. The molecule has 42 heavy (non-hydrogen) atoms. The fraction of sp³-hybridized carbons (Fsp3) is 0.0286. The molecule has 7 aromatic rings. The Morgan fingerprint density at radius 2 is 1.48 bits per heavy atom. The number of ether oxygens (including phenoxy) is 1. The van der Waals surface area contributed by atoms with Gasteiger partial charge in [-0.05, 0) is 49.8 Å². The van der Waals surface area contributed by atoms with E-state index in [0.29, 0.717) is 11.5 Å². The smallest absolute Gasteiger partial charge is 0.135 e. The third-order valence-corrected chi connectivity index (χ3v) is 7.36. The maximum atomic E-state index is 6.35. The van der Waals surface area contributed by atoms with Crippen LogP contribution in [0.5, 0.6) is 11.5 Å². The fourth-order valence-corrected chi connectivity index (χ4v) is 5.62. The van der Waals surface area contributed by atoms with E-state index in [1.54, 1.807) is 0 Å². The van der Waals surface area contributed by atoms with Gasteiger partial charge in [-0.3, -0.25) is 0 Å². The molecule has 0 saturated carbocycles. The zero-order valence-electron chi connectivity index (χ0n) is 22.6. The summed E-state index contributed by atoms with van der Waals surface area (Å²) in [5.41, 5.74) is 6.23. The second-order valence-electron chi connectivity index (χ2n) is 9.98. The van der Waals surface area contributed by atoms with Crippen molar-refractivity contribution in [2.24, 2.45) is 0 Å². The summed E-state index contributed by atoms with van der Waals surface area (Å²) in [7, 11) is 1.99. The molecular formula is C35H24N5OPd-3. The monoisotopic (exact) mass is 636 g/mol. The van der Waals surface area contributed by atoms with E-state index in [1.165, 1.54) is 0 Å². The van der Waals surface area contributed by atoms with Crippen LogP contribution in [0.15, 0.2) is 122 Å². The number of aromatic nitrogens is 3. The number of hydrogen-bond acceptors (Lipinski definition) is 4. The van der Waals surface area contributed by atoms with E-state index < -0.39 is 0 Å². The van der Waals surface area contributed by atoms with Gasteiger partial charge in [0.2, 0.25) is 0 Å². The van der Waals surface area contributed by atoms with Crippen LogP contribution in [0.2, 0.25) is 0 Å². The van der Waals surface area contributed by atoms with E-state index in [2.05, 4.69) is 75.9 Å². The molecule has 0 radical (unpaired) electrons. The average Bonchev–Trinajstić information content (AvgIpc) is 3.70. The molecule has 0 bridgehead atoms. The summed E-state index contributed by atoms with van der Waals surface area (Å²) in [5.74, 6) is 2.05. The summed E-state index contributed by atoms with van der Waals surface area (Å²) in [6.07, 6.45) is 5.81. The van der Waals surface area contributed by atoms with Crippen molar-refractivity contribution < 1.29 is 25.2 Å². The van der Waals surface area contributed by atoms with Gasteiger partial charge in [0.1, 0.15) is 5.82 Å². The molecule has 7 heteroatoms. The van der Waals surface area contributed by atoms with Gasteiger partial charge in [-0.2, -0.15) is 18.8 Å². The maximum Gasteiger partial charge on any atom is 0.135 e. The van der Waals surface area contributed by atoms with E-state index in [9.17, 15) is 0 Å². The SMILES string of the molecule is CN1C=CN(c2[c-]c(Oc3[c-]c4c(cc3)c3c(c5ccccc5n3-c3ccccc3)n4-c3ccccn3)ccc2)[CH-]1.[Pd]. The Kier molecular flexibility index (Phi) is 6.55. The minimum atomic E-state index is 0. The first kappa shape index (κ1) is 26.1. The van der Waals surface area contributed by atoms with E-state index in [0.717, 1.165) is 50.0 Å². The molecule has 0 N–H and O–H groups in total. The van der Waals surface area contributed by atoms with Crippen LogP contribution in [0, 0.1) is 18.8 Å². The van der Waals surface area contributed by atoms with Crippen LogP contribution < -0.4 is 9.64 Å². The molecule has 1 aliphatic heterocycles. The first-order valence-corrected chi connectivity index (χ1v) is 13.5. The standard InChI is InChI=1S/C35H24N5O.Pd/c1-37-20-21-38(24-37)26-12-9-13-27(22-26)41-28-17-18-30-32(23-28)40(33-16-7-8-19-36-33)35-29-14-5-6-15-31(29)39(34(30)35)25-10-3-2-4-11-25;/h2-21,24H,1H3;/q-3;. The van der Waals surface area contributed by atoms with Crippen molar-refractivity contribution in [3.8, 4) is 23.0 Å². The third-order valence-electron chi connectivity index (χ3n) is 7.36. The molecule has 0 saturated heterocycles. The number of rotatable bonds is 5. The molecular weight excluding hydrogens is 613 g/mol. The molecule has 0 unspecified atom stereocenters. The zero-order valence-corrected chi connectivity index (χ0v) is 24.1. The minimum absolute atomic E-state index is 0. The van der Waals surface area contributed by atoms with Crippen LogP contribution in [0.4, 0.5) is 5.69 Å². The first-order valence-electron chi connectivity index (χ1n) is 13.5. The Labute approximate surface area is 257 Å². The summed E-state index contributed by atoms with van der Waals surface area (Å²) in [6, 6.07) is 41.9. The normalized spacial score (nSPS) is 12.9. The van der Waals surface area contributed by atoms with Crippen molar-refractivity contribution >= 4 is 38.5 Å². The van der Waals surface area contributed by atoms with Crippen molar-refractivity contribution in [2.75, 3.05) is 11.9 Å². The molecule has 8 rings (SSSR count). The molecule has 1 aliphatic rings. The maximum absolute atomic E-state index is 6.35. The fourth-order valence-electron chi connectivity index (χ4n) is 5.62. The van der Waals surface area contributed by atoms with Crippen LogP contribution in [-0.4, -0.2) is 26.1 Å². The van der Waals surface area contributed by atoms with E-state index in [4.69, 9.17) is 9.72 Å².